The topological polar surface area (TPSA) is 91.8 Å². The predicted octanol–water partition coefficient (Wildman–Crippen LogP) is 1.13. The molecule has 1 heterocycles. The monoisotopic (exact) mass is 363 g/mol. The Morgan fingerprint density at radius 3 is 1.91 bits per heavy atom. The molecule has 23 heavy (non-hydrogen) atoms. The number of aliphatic hydroxyl groups excluding tert-OH is 1. The normalized spacial score (nSPS) is 29.4. The third-order valence-electron chi connectivity index (χ3n) is 4.74. The van der Waals surface area contributed by atoms with Crippen molar-refractivity contribution in [3.8, 4) is 0 Å². The highest BCUT2D eigenvalue weighted by Gasteiger charge is 2.42. The number of sulfonamides is 1. The van der Waals surface area contributed by atoms with Crippen molar-refractivity contribution in [2.24, 2.45) is 11.8 Å². The number of piperidine rings is 1. The Balaban J connectivity index is 1.87. The molecule has 0 amide bonds. The van der Waals surface area contributed by atoms with E-state index >= 15 is 0 Å². The molecule has 1 aliphatic carbocycles. The maximum atomic E-state index is 12.9. The quantitative estimate of drug-likeness (QED) is 0.813. The Morgan fingerprint density at radius 1 is 0.957 bits per heavy atom. The summed E-state index contributed by atoms with van der Waals surface area (Å²) in [5, 5.41) is 10.1. The number of nitrogens with zero attached hydrogens (tertiary/aromatic N) is 1. The molecule has 0 aromatic heterocycles. The fraction of sp³-hybridized carbons (Fsp3) is 0.571. The second kappa shape index (κ2) is 5.80. The van der Waals surface area contributed by atoms with Gasteiger partial charge in [0.1, 0.15) is 0 Å². The van der Waals surface area contributed by atoms with Crippen molar-refractivity contribution in [3.63, 3.8) is 0 Å². The first-order valence-corrected chi connectivity index (χ1v) is 10.2. The van der Waals surface area contributed by atoms with E-state index in [4.69, 9.17) is 0 Å². The number of fused-ring (bicyclic) bond motifs is 2. The van der Waals surface area contributed by atoms with E-state index in [2.05, 4.69) is 0 Å². The lowest BCUT2D eigenvalue weighted by Gasteiger charge is -2.44. The van der Waals surface area contributed by atoms with Gasteiger partial charge in [-0.3, -0.25) is 0 Å². The van der Waals surface area contributed by atoms with Crippen LogP contribution < -0.4 is 0 Å². The molecule has 2 unspecified atom stereocenters. The van der Waals surface area contributed by atoms with Crippen molar-refractivity contribution in [2.45, 2.75) is 35.2 Å². The van der Waals surface area contributed by atoms with Gasteiger partial charge in [-0.05, 0) is 48.9 Å². The van der Waals surface area contributed by atoms with Gasteiger partial charge in [0.2, 0.25) is 10.0 Å². The van der Waals surface area contributed by atoms with Crippen LogP contribution in [0, 0.1) is 11.8 Å². The van der Waals surface area contributed by atoms with E-state index in [9.17, 15) is 25.8 Å². The van der Waals surface area contributed by atoms with Crippen molar-refractivity contribution in [1.82, 2.24) is 4.31 Å². The molecule has 2 fully saturated rings. The zero-order chi connectivity index (χ0) is 16.8. The van der Waals surface area contributed by atoms with E-state index in [0.29, 0.717) is 0 Å². The van der Waals surface area contributed by atoms with Crippen molar-refractivity contribution in [3.05, 3.63) is 24.3 Å². The van der Waals surface area contributed by atoms with E-state index in [1.54, 1.807) is 0 Å². The van der Waals surface area contributed by atoms with Gasteiger partial charge in [-0.2, -0.15) is 12.7 Å². The Labute approximate surface area is 135 Å². The Hall–Kier alpha value is -1.03. The summed E-state index contributed by atoms with van der Waals surface area (Å²) in [6.45, 7) is 0.506. The summed E-state index contributed by atoms with van der Waals surface area (Å²) in [6, 6.07) is 4.09. The van der Waals surface area contributed by atoms with Gasteiger partial charge >= 0.3 is 10.2 Å². The van der Waals surface area contributed by atoms with E-state index < -0.39 is 31.2 Å². The fourth-order valence-corrected chi connectivity index (χ4v) is 5.50. The number of rotatable bonds is 3. The molecule has 1 aliphatic heterocycles. The molecule has 9 heteroatoms. The minimum absolute atomic E-state index is 0.0669. The molecular formula is C14H18FNO5S2. The lowest BCUT2D eigenvalue weighted by Crippen LogP contribution is -2.53. The van der Waals surface area contributed by atoms with Crippen molar-refractivity contribution in [1.29, 1.82) is 0 Å². The summed E-state index contributed by atoms with van der Waals surface area (Å²) in [5.41, 5.74) is 0. The van der Waals surface area contributed by atoms with E-state index in [1.165, 1.54) is 4.31 Å². The van der Waals surface area contributed by atoms with Crippen LogP contribution in [0.3, 0.4) is 0 Å². The molecule has 2 atom stereocenters. The predicted molar refractivity (Wildman–Crippen MR) is 80.3 cm³/mol. The lowest BCUT2D eigenvalue weighted by molar-refractivity contribution is -0.0269. The van der Waals surface area contributed by atoms with Gasteiger partial charge in [0.25, 0.3) is 0 Å². The zero-order valence-electron chi connectivity index (χ0n) is 12.3. The fourth-order valence-electron chi connectivity index (χ4n) is 3.48. The number of aliphatic hydroxyl groups is 1. The van der Waals surface area contributed by atoms with E-state index in [1.807, 2.05) is 0 Å². The number of benzene rings is 1. The zero-order valence-corrected chi connectivity index (χ0v) is 13.9. The molecule has 1 aromatic rings. The van der Waals surface area contributed by atoms with Gasteiger partial charge in [-0.1, -0.05) is 6.42 Å². The molecule has 128 valence electrons. The largest absolute Gasteiger partial charge is 0.392 e. The molecule has 1 saturated carbocycles. The minimum atomic E-state index is -4.85. The van der Waals surface area contributed by atoms with Gasteiger partial charge in [0, 0.05) is 13.1 Å². The summed E-state index contributed by atoms with van der Waals surface area (Å²) in [5.74, 6) is -0.134. The van der Waals surface area contributed by atoms with Crippen LogP contribution in [0.15, 0.2) is 34.1 Å². The average Bonchev–Trinajstić information content (AvgIpc) is 2.46. The summed E-state index contributed by atoms with van der Waals surface area (Å²) >= 11 is 0. The van der Waals surface area contributed by atoms with Crippen LogP contribution in [0.5, 0.6) is 0 Å². The maximum Gasteiger partial charge on any atom is 0.332 e. The van der Waals surface area contributed by atoms with E-state index in [-0.39, 0.29) is 29.8 Å². The van der Waals surface area contributed by atoms with Crippen LogP contribution in [-0.2, 0) is 20.2 Å². The second-order valence-electron chi connectivity index (χ2n) is 6.17. The second-order valence-corrected chi connectivity index (χ2v) is 9.46. The van der Waals surface area contributed by atoms with E-state index in [0.717, 1.165) is 43.5 Å². The van der Waals surface area contributed by atoms with Gasteiger partial charge in [0.05, 0.1) is 15.9 Å². The van der Waals surface area contributed by atoms with Crippen LogP contribution >= 0.6 is 0 Å². The smallest absolute Gasteiger partial charge is 0.332 e. The standard InChI is InChI=1S/C14H18FNO5S2/c15-22(18,19)12-4-6-13(7-5-12)23(20,21)16-8-10-2-1-3-11(9-16)14(10)17/h4-7,10-11,14,17H,1-3,8-9H2. The molecule has 1 N–H and O–H groups in total. The van der Waals surface area contributed by atoms with Crippen LogP contribution in [0.25, 0.3) is 0 Å². The third-order valence-corrected chi connectivity index (χ3v) is 7.42. The molecule has 0 spiro atoms. The van der Waals surface area contributed by atoms with Gasteiger partial charge in [0.15, 0.2) is 0 Å². The minimum Gasteiger partial charge on any atom is -0.392 e. The lowest BCUT2D eigenvalue weighted by atomic mass is 9.76. The first-order chi connectivity index (χ1) is 10.7. The molecule has 3 rings (SSSR count). The van der Waals surface area contributed by atoms with Crippen LogP contribution in [-0.4, -0.2) is 45.4 Å². The molecule has 6 nitrogen and oxygen atoms in total. The van der Waals surface area contributed by atoms with Crippen LogP contribution in [0.2, 0.25) is 0 Å². The maximum absolute atomic E-state index is 12.9. The van der Waals surface area contributed by atoms with Gasteiger partial charge in [-0.15, -0.1) is 3.89 Å². The summed E-state index contributed by atoms with van der Waals surface area (Å²) in [7, 11) is -8.64. The molecule has 1 saturated heterocycles. The molecule has 1 aromatic carbocycles. The molecule has 2 aliphatic rings. The summed E-state index contributed by atoms with van der Waals surface area (Å²) in [4.78, 5) is -0.637. The van der Waals surface area contributed by atoms with Crippen LogP contribution in [0.4, 0.5) is 3.89 Å². The first kappa shape index (κ1) is 16.8. The van der Waals surface area contributed by atoms with Gasteiger partial charge in [-0.25, -0.2) is 8.42 Å². The average molecular weight is 363 g/mol. The van der Waals surface area contributed by atoms with Gasteiger partial charge < -0.3 is 5.11 Å². The Kier molecular flexibility index (Phi) is 4.24. The van der Waals surface area contributed by atoms with Crippen molar-refractivity contribution in [2.75, 3.05) is 13.1 Å². The SMILES string of the molecule is O=S(=O)(F)c1ccc(S(=O)(=O)N2CC3CCCC(C2)C3O)cc1. The highest BCUT2D eigenvalue weighted by Crippen LogP contribution is 2.37. The summed E-state index contributed by atoms with van der Waals surface area (Å²) in [6.07, 6.45) is 2.11. The number of halogens is 1. The van der Waals surface area contributed by atoms with Crippen molar-refractivity contribution >= 4 is 20.2 Å². The summed E-state index contributed by atoms with van der Waals surface area (Å²) < 4.78 is 61.2. The molecule has 0 radical (unpaired) electrons. The van der Waals surface area contributed by atoms with Crippen molar-refractivity contribution < 1.29 is 25.8 Å². The Bertz CT molecular complexity index is 777. The molecule has 2 bridgehead atoms. The highest BCUT2D eigenvalue weighted by atomic mass is 32.3. The number of hydrogen-bond acceptors (Lipinski definition) is 5. The first-order valence-electron chi connectivity index (χ1n) is 7.42. The highest BCUT2D eigenvalue weighted by molar-refractivity contribution is 7.89. The van der Waals surface area contributed by atoms with Crippen LogP contribution in [0.1, 0.15) is 19.3 Å². The third kappa shape index (κ3) is 3.15. The Morgan fingerprint density at radius 2 is 1.43 bits per heavy atom. The molecular weight excluding hydrogens is 345 g/mol. The number of hydrogen-bond donors (Lipinski definition) is 1.